The molecule has 4 atom stereocenters. The molecule has 0 amide bonds. The minimum atomic E-state index is -1.29. The van der Waals surface area contributed by atoms with Gasteiger partial charge in [0.1, 0.15) is 0 Å². The van der Waals surface area contributed by atoms with E-state index in [0.29, 0.717) is 5.57 Å². The van der Waals surface area contributed by atoms with Crippen LogP contribution in [0.2, 0.25) is 0 Å². The van der Waals surface area contributed by atoms with Crippen molar-refractivity contribution in [2.75, 3.05) is 7.11 Å². The molecule has 20 heavy (non-hydrogen) atoms. The topological polar surface area (TPSA) is 78.9 Å². The van der Waals surface area contributed by atoms with Crippen molar-refractivity contribution in [1.82, 2.24) is 0 Å². The number of fused-ring (bicyclic) bond motifs is 1. The maximum atomic E-state index is 12.3. The number of ether oxygens (including phenoxy) is 3. The zero-order valence-corrected chi connectivity index (χ0v) is 12.8. The van der Waals surface area contributed by atoms with Crippen LogP contribution in [0.4, 0.5) is 0 Å². The van der Waals surface area contributed by atoms with Crippen LogP contribution in [-0.4, -0.2) is 41.0 Å². The smallest absolute Gasteiger partial charge is 0.337 e. The first kappa shape index (κ1) is 13.6. The zero-order valence-electron chi connectivity index (χ0n) is 11.2. The molecule has 4 aliphatic rings. The average molecular weight is 345 g/mol. The van der Waals surface area contributed by atoms with Crippen LogP contribution in [0, 0.1) is 5.92 Å². The van der Waals surface area contributed by atoms with Crippen LogP contribution in [-0.2, 0) is 28.6 Å². The number of hydrogen-bond acceptors (Lipinski definition) is 6. The van der Waals surface area contributed by atoms with Gasteiger partial charge in [0.15, 0.2) is 16.0 Å². The molecule has 2 bridgehead atoms. The minimum absolute atomic E-state index is 0.117. The Kier molecular flexibility index (Phi) is 2.61. The molecule has 7 heteroatoms. The maximum Gasteiger partial charge on any atom is 0.337 e. The van der Waals surface area contributed by atoms with Crippen LogP contribution in [0.15, 0.2) is 11.1 Å². The van der Waals surface area contributed by atoms with E-state index in [9.17, 15) is 14.4 Å². The average Bonchev–Trinajstić information content (AvgIpc) is 2.78. The highest BCUT2D eigenvalue weighted by molar-refractivity contribution is 9.10. The van der Waals surface area contributed by atoms with Crippen molar-refractivity contribution in [1.29, 1.82) is 0 Å². The molecule has 0 radical (unpaired) electrons. The zero-order chi connectivity index (χ0) is 14.9. The van der Waals surface area contributed by atoms with Crippen LogP contribution >= 0.6 is 15.9 Å². The van der Waals surface area contributed by atoms with Crippen LogP contribution in [0.5, 0.6) is 0 Å². The first-order chi connectivity index (χ1) is 9.26. The number of carbonyl (C=O) groups excluding carboxylic acids is 3. The molecule has 108 valence electrons. The lowest BCUT2D eigenvalue weighted by Crippen LogP contribution is -2.68. The van der Waals surface area contributed by atoms with Gasteiger partial charge in [-0.1, -0.05) is 15.9 Å². The number of rotatable bonds is 1. The molecule has 0 aromatic heterocycles. The molecular weight excluding hydrogens is 332 g/mol. The van der Waals surface area contributed by atoms with Crippen LogP contribution in [0.3, 0.4) is 0 Å². The van der Waals surface area contributed by atoms with Crippen LogP contribution in [0.1, 0.15) is 20.3 Å². The van der Waals surface area contributed by atoms with E-state index in [2.05, 4.69) is 15.9 Å². The second-order valence-corrected chi connectivity index (χ2v) is 6.67. The molecule has 0 aromatic carbocycles. The summed E-state index contributed by atoms with van der Waals surface area (Å²) in [7, 11) is 1.26. The van der Waals surface area contributed by atoms with E-state index >= 15 is 0 Å². The van der Waals surface area contributed by atoms with Gasteiger partial charge in [0.2, 0.25) is 0 Å². The number of halogens is 1. The Morgan fingerprint density at radius 1 is 1.45 bits per heavy atom. The third kappa shape index (κ3) is 1.31. The minimum Gasteiger partial charge on any atom is -0.466 e. The summed E-state index contributed by atoms with van der Waals surface area (Å²) < 4.78 is 14.3. The molecule has 6 nitrogen and oxygen atoms in total. The molecule has 0 N–H and O–H groups in total. The fraction of sp³-hybridized carbons (Fsp3) is 0.615. The number of hydrogen-bond donors (Lipinski definition) is 0. The lowest BCUT2D eigenvalue weighted by atomic mass is 9.64. The van der Waals surface area contributed by atoms with Gasteiger partial charge in [-0.3, -0.25) is 9.59 Å². The predicted octanol–water partition coefficient (Wildman–Crippen LogP) is 0.870. The Hall–Kier alpha value is -1.37. The van der Waals surface area contributed by atoms with Gasteiger partial charge in [-0.25, -0.2) is 4.79 Å². The van der Waals surface area contributed by atoms with Crippen LogP contribution < -0.4 is 0 Å². The van der Waals surface area contributed by atoms with Crippen molar-refractivity contribution in [3.63, 3.8) is 0 Å². The second kappa shape index (κ2) is 3.84. The summed E-state index contributed by atoms with van der Waals surface area (Å²) in [6.45, 7) is 3.27. The molecule has 0 spiro atoms. The van der Waals surface area contributed by atoms with Gasteiger partial charge < -0.3 is 14.2 Å². The Morgan fingerprint density at radius 3 is 2.70 bits per heavy atom. The van der Waals surface area contributed by atoms with E-state index < -0.39 is 33.9 Å². The maximum absolute atomic E-state index is 12.3. The standard InChI is InChI=1S/C13H13BrO6/c1-5-8(10(16)18-3)12(2)9-6(4-7(15)19-9)13(5,14)11(17)20-12/h6,9H,4H2,1-3H3/t6-,9+,12+,13+/m1/s1. The summed E-state index contributed by atoms with van der Waals surface area (Å²) in [6.07, 6.45) is -0.559. The van der Waals surface area contributed by atoms with Gasteiger partial charge in [0.05, 0.1) is 19.1 Å². The number of alkyl halides is 1. The SMILES string of the molecule is COC(=O)C1=C(C)[C@@]2(Br)C(=O)O[C@]1(C)[C@H]1OC(=O)C[C@H]12. The molecule has 3 aliphatic heterocycles. The third-order valence-corrected chi connectivity index (χ3v) is 5.98. The van der Waals surface area contributed by atoms with E-state index in [1.807, 2.05) is 0 Å². The van der Waals surface area contributed by atoms with E-state index in [1.54, 1.807) is 13.8 Å². The molecule has 2 fully saturated rings. The summed E-state index contributed by atoms with van der Waals surface area (Å²) in [6, 6.07) is 0. The summed E-state index contributed by atoms with van der Waals surface area (Å²) in [5.74, 6) is -1.85. The lowest BCUT2D eigenvalue weighted by molar-refractivity contribution is -0.194. The van der Waals surface area contributed by atoms with Gasteiger partial charge in [0.25, 0.3) is 0 Å². The largest absolute Gasteiger partial charge is 0.466 e. The van der Waals surface area contributed by atoms with Gasteiger partial charge >= 0.3 is 17.9 Å². The Bertz CT molecular complexity index is 581. The van der Waals surface area contributed by atoms with Crippen molar-refractivity contribution < 1.29 is 28.6 Å². The van der Waals surface area contributed by atoms with Crippen molar-refractivity contribution in [3.05, 3.63) is 11.1 Å². The van der Waals surface area contributed by atoms with Gasteiger partial charge in [-0.2, -0.15) is 0 Å². The van der Waals surface area contributed by atoms with E-state index in [-0.39, 0.29) is 17.9 Å². The summed E-state index contributed by atoms with van der Waals surface area (Å²) in [4.78, 5) is 36.0. The third-order valence-electron chi connectivity index (χ3n) is 4.47. The molecule has 4 rings (SSSR count). The Morgan fingerprint density at radius 2 is 2.10 bits per heavy atom. The second-order valence-electron chi connectivity index (χ2n) is 5.42. The van der Waals surface area contributed by atoms with Crippen LogP contribution in [0.25, 0.3) is 0 Å². The molecule has 0 unspecified atom stereocenters. The van der Waals surface area contributed by atoms with Crippen molar-refractivity contribution >= 4 is 33.8 Å². The molecule has 2 saturated heterocycles. The van der Waals surface area contributed by atoms with Crippen molar-refractivity contribution in [2.24, 2.45) is 5.92 Å². The fourth-order valence-electron chi connectivity index (χ4n) is 3.52. The first-order valence-corrected chi connectivity index (χ1v) is 6.98. The Balaban J connectivity index is 2.26. The highest BCUT2D eigenvalue weighted by Crippen LogP contribution is 2.59. The summed E-state index contributed by atoms with van der Waals surface area (Å²) in [5.41, 5.74) is -0.518. The molecular formula is C13H13BrO6. The van der Waals surface area contributed by atoms with Gasteiger partial charge in [-0.05, 0) is 19.4 Å². The molecule has 1 aliphatic carbocycles. The lowest BCUT2D eigenvalue weighted by Gasteiger charge is -2.53. The van der Waals surface area contributed by atoms with E-state index in [4.69, 9.17) is 14.2 Å². The number of methoxy groups -OCH3 is 1. The molecule has 0 aromatic rings. The highest BCUT2D eigenvalue weighted by Gasteiger charge is 2.72. The number of carbonyl (C=O) groups is 3. The van der Waals surface area contributed by atoms with E-state index in [0.717, 1.165) is 0 Å². The predicted molar refractivity (Wildman–Crippen MR) is 68.9 cm³/mol. The summed E-state index contributed by atoms with van der Waals surface area (Å²) in [5, 5.41) is 0. The fourth-order valence-corrected chi connectivity index (χ4v) is 4.20. The molecule has 0 saturated carbocycles. The quantitative estimate of drug-likeness (QED) is 0.399. The Labute approximate surface area is 123 Å². The number of esters is 3. The first-order valence-electron chi connectivity index (χ1n) is 6.18. The van der Waals surface area contributed by atoms with Gasteiger partial charge in [0, 0.05) is 5.92 Å². The normalized spacial score (nSPS) is 42.2. The van der Waals surface area contributed by atoms with Gasteiger partial charge in [-0.15, -0.1) is 0 Å². The highest BCUT2D eigenvalue weighted by atomic mass is 79.9. The van der Waals surface area contributed by atoms with Crippen molar-refractivity contribution in [2.45, 2.75) is 36.3 Å². The summed E-state index contributed by atoms with van der Waals surface area (Å²) >= 11 is 3.39. The van der Waals surface area contributed by atoms with E-state index in [1.165, 1.54) is 7.11 Å². The molecule has 3 heterocycles. The van der Waals surface area contributed by atoms with Crippen molar-refractivity contribution in [3.8, 4) is 0 Å². The monoisotopic (exact) mass is 344 g/mol.